The zero-order chi connectivity index (χ0) is 12.8. The molecule has 2 nitrogen and oxygen atoms in total. The molecule has 1 aromatic carbocycles. The highest BCUT2D eigenvalue weighted by Gasteiger charge is 2.23. The lowest BCUT2D eigenvalue weighted by Crippen LogP contribution is -2.36. The molecule has 1 rings (SSSR count). The van der Waals surface area contributed by atoms with Crippen molar-refractivity contribution in [1.29, 1.82) is 0 Å². The summed E-state index contributed by atoms with van der Waals surface area (Å²) >= 11 is 1.38. The Balaban J connectivity index is 2.88. The lowest BCUT2D eigenvalue weighted by atomic mass is 10.1. The van der Waals surface area contributed by atoms with Crippen molar-refractivity contribution in [3.8, 4) is 0 Å². The summed E-state index contributed by atoms with van der Waals surface area (Å²) in [5.74, 6) is 0.823. The second-order valence-electron chi connectivity index (χ2n) is 4.29. The van der Waals surface area contributed by atoms with E-state index in [1.54, 1.807) is 0 Å². The van der Waals surface area contributed by atoms with Gasteiger partial charge in [0.1, 0.15) is 0 Å². The van der Waals surface area contributed by atoms with Crippen molar-refractivity contribution in [1.82, 2.24) is 4.90 Å². The van der Waals surface area contributed by atoms with Gasteiger partial charge >= 0.3 is 0 Å². The first-order valence-electron chi connectivity index (χ1n) is 6.08. The molecule has 0 radical (unpaired) electrons. The van der Waals surface area contributed by atoms with Crippen LogP contribution in [-0.2, 0) is 0 Å². The minimum Gasteiger partial charge on any atom is -0.324 e. The number of rotatable bonds is 4. The van der Waals surface area contributed by atoms with Gasteiger partial charge in [-0.15, -0.1) is 0 Å². The fraction of sp³-hybridized carbons (Fsp3) is 0.500. The van der Waals surface area contributed by atoms with Crippen molar-refractivity contribution in [2.24, 2.45) is 0 Å². The molecule has 3 heteroatoms. The number of benzene rings is 1. The van der Waals surface area contributed by atoms with E-state index in [0.717, 1.165) is 5.75 Å². The lowest BCUT2D eigenvalue weighted by Gasteiger charge is -2.32. The van der Waals surface area contributed by atoms with Gasteiger partial charge in [0.15, 0.2) is 0 Å². The van der Waals surface area contributed by atoms with Gasteiger partial charge in [-0.25, -0.2) is 0 Å². The van der Waals surface area contributed by atoms with Crippen LogP contribution < -0.4 is 0 Å². The van der Waals surface area contributed by atoms with Gasteiger partial charge < -0.3 is 4.90 Å². The van der Waals surface area contributed by atoms with Crippen molar-refractivity contribution < 1.29 is 4.79 Å². The molecule has 0 bridgehead atoms. The van der Waals surface area contributed by atoms with E-state index in [9.17, 15) is 4.79 Å². The predicted octanol–water partition coefficient (Wildman–Crippen LogP) is 4.33. The number of carbonyl (C=O) groups excluding carboxylic acids is 1. The van der Waals surface area contributed by atoms with Crippen LogP contribution in [0.2, 0.25) is 0 Å². The first-order chi connectivity index (χ1) is 8.07. The quantitative estimate of drug-likeness (QED) is 0.793. The Kier molecular flexibility index (Phi) is 5.56. The van der Waals surface area contributed by atoms with Crippen molar-refractivity contribution in [2.45, 2.75) is 39.8 Å². The van der Waals surface area contributed by atoms with Crippen molar-refractivity contribution >= 4 is 17.0 Å². The summed E-state index contributed by atoms with van der Waals surface area (Å²) in [6.45, 7) is 8.22. The summed E-state index contributed by atoms with van der Waals surface area (Å²) in [6, 6.07) is 10.5. The molecule has 0 saturated carbocycles. The van der Waals surface area contributed by atoms with Gasteiger partial charge in [-0.1, -0.05) is 49.0 Å². The third kappa shape index (κ3) is 3.77. The molecule has 0 fully saturated rings. The molecule has 0 aliphatic carbocycles. The minimum atomic E-state index is 0.128. The standard InChI is InChI=1S/C14H21NOS/c1-5-17-14(16)15(11(2)3)12(4)13-9-7-6-8-10-13/h6-12H,5H2,1-4H3. The predicted molar refractivity (Wildman–Crippen MR) is 75.4 cm³/mol. The fourth-order valence-corrected chi connectivity index (χ4v) is 2.67. The van der Waals surface area contributed by atoms with E-state index in [0.29, 0.717) is 0 Å². The highest BCUT2D eigenvalue weighted by atomic mass is 32.2. The monoisotopic (exact) mass is 251 g/mol. The van der Waals surface area contributed by atoms with Gasteiger partial charge in [-0.2, -0.15) is 0 Å². The summed E-state index contributed by atoms with van der Waals surface area (Å²) in [4.78, 5) is 14.0. The summed E-state index contributed by atoms with van der Waals surface area (Å²) < 4.78 is 0. The van der Waals surface area contributed by atoms with E-state index in [1.807, 2.05) is 30.0 Å². The van der Waals surface area contributed by atoms with E-state index in [1.165, 1.54) is 17.3 Å². The Morgan fingerprint density at radius 3 is 2.29 bits per heavy atom. The highest BCUT2D eigenvalue weighted by Crippen LogP contribution is 2.26. The molecule has 0 aliphatic heterocycles. The van der Waals surface area contributed by atoms with Crippen molar-refractivity contribution in [2.75, 3.05) is 5.75 Å². The highest BCUT2D eigenvalue weighted by molar-refractivity contribution is 8.13. The van der Waals surface area contributed by atoms with E-state index in [-0.39, 0.29) is 17.3 Å². The van der Waals surface area contributed by atoms with E-state index in [4.69, 9.17) is 0 Å². The molecule has 1 unspecified atom stereocenters. The van der Waals surface area contributed by atoms with E-state index >= 15 is 0 Å². The minimum absolute atomic E-state index is 0.128. The third-order valence-electron chi connectivity index (χ3n) is 2.73. The van der Waals surface area contributed by atoms with Crippen LogP contribution in [-0.4, -0.2) is 21.9 Å². The zero-order valence-corrected chi connectivity index (χ0v) is 11.8. The Labute approximate surface area is 108 Å². The molecule has 1 amide bonds. The molecule has 0 aliphatic rings. The molecule has 1 atom stereocenters. The average Bonchev–Trinajstić information content (AvgIpc) is 2.30. The Hall–Kier alpha value is -0.960. The molecule has 1 aromatic rings. The Morgan fingerprint density at radius 2 is 1.82 bits per heavy atom. The molecule has 94 valence electrons. The van der Waals surface area contributed by atoms with E-state index in [2.05, 4.69) is 32.9 Å². The van der Waals surface area contributed by atoms with Crippen LogP contribution in [0.5, 0.6) is 0 Å². The molecular formula is C14H21NOS. The van der Waals surface area contributed by atoms with Gasteiger partial charge in [0, 0.05) is 6.04 Å². The van der Waals surface area contributed by atoms with Crippen LogP contribution in [0.4, 0.5) is 4.79 Å². The van der Waals surface area contributed by atoms with Crippen LogP contribution >= 0.6 is 11.8 Å². The number of amides is 1. The summed E-state index contributed by atoms with van der Waals surface area (Å²) in [5.41, 5.74) is 1.19. The largest absolute Gasteiger partial charge is 0.324 e. The SMILES string of the molecule is CCSC(=O)N(C(C)C)C(C)c1ccccc1. The third-order valence-corrected chi connectivity index (χ3v) is 3.48. The maximum absolute atomic E-state index is 12.1. The second-order valence-corrected chi connectivity index (χ2v) is 5.50. The van der Waals surface area contributed by atoms with Crippen LogP contribution in [0, 0.1) is 0 Å². The Morgan fingerprint density at radius 1 is 1.24 bits per heavy atom. The molecule has 0 saturated heterocycles. The summed E-state index contributed by atoms with van der Waals surface area (Å²) in [5, 5.41) is 0.166. The maximum atomic E-state index is 12.1. The van der Waals surface area contributed by atoms with Crippen LogP contribution in [0.3, 0.4) is 0 Å². The summed E-state index contributed by atoms with van der Waals surface area (Å²) in [7, 11) is 0. The smallest absolute Gasteiger partial charge is 0.282 e. The van der Waals surface area contributed by atoms with E-state index < -0.39 is 0 Å². The molecule has 0 aromatic heterocycles. The van der Waals surface area contributed by atoms with Gasteiger partial charge in [-0.3, -0.25) is 4.79 Å². The lowest BCUT2D eigenvalue weighted by molar-refractivity contribution is 0.184. The number of hydrogen-bond acceptors (Lipinski definition) is 2. The number of carbonyl (C=O) groups is 1. The number of thioether (sulfide) groups is 1. The van der Waals surface area contributed by atoms with Crippen LogP contribution in [0.15, 0.2) is 30.3 Å². The molecule has 0 spiro atoms. The maximum Gasteiger partial charge on any atom is 0.282 e. The van der Waals surface area contributed by atoms with Crippen molar-refractivity contribution in [3.63, 3.8) is 0 Å². The average molecular weight is 251 g/mol. The van der Waals surface area contributed by atoms with Gasteiger partial charge in [0.05, 0.1) is 6.04 Å². The molecule has 0 heterocycles. The molecular weight excluding hydrogens is 230 g/mol. The van der Waals surface area contributed by atoms with Gasteiger partial charge in [0.2, 0.25) is 0 Å². The first kappa shape index (κ1) is 14.1. The number of nitrogens with zero attached hydrogens (tertiary/aromatic N) is 1. The summed E-state index contributed by atoms with van der Waals surface area (Å²) in [6.07, 6.45) is 0. The zero-order valence-electron chi connectivity index (χ0n) is 11.0. The molecule has 17 heavy (non-hydrogen) atoms. The van der Waals surface area contributed by atoms with Crippen LogP contribution in [0.1, 0.15) is 39.3 Å². The fourth-order valence-electron chi connectivity index (χ4n) is 1.91. The van der Waals surface area contributed by atoms with Gasteiger partial charge in [0.25, 0.3) is 5.24 Å². The number of hydrogen-bond donors (Lipinski definition) is 0. The topological polar surface area (TPSA) is 20.3 Å². The molecule has 0 N–H and O–H groups in total. The Bertz CT molecular complexity index is 350. The van der Waals surface area contributed by atoms with Crippen molar-refractivity contribution in [3.05, 3.63) is 35.9 Å². The first-order valence-corrected chi connectivity index (χ1v) is 7.06. The normalized spacial score (nSPS) is 12.5. The van der Waals surface area contributed by atoms with Crippen LogP contribution in [0.25, 0.3) is 0 Å². The second kappa shape index (κ2) is 6.70. The van der Waals surface area contributed by atoms with Gasteiger partial charge in [-0.05, 0) is 32.1 Å².